The molecule has 0 unspecified atom stereocenters. The fourth-order valence-corrected chi connectivity index (χ4v) is 3.14. The second-order valence-corrected chi connectivity index (χ2v) is 7.79. The molecule has 0 saturated heterocycles. The number of rotatable bonds is 5. The van der Waals surface area contributed by atoms with Gasteiger partial charge in [-0.3, -0.25) is 0 Å². The highest BCUT2D eigenvalue weighted by molar-refractivity contribution is 7.99. The molecule has 2 rings (SSSR count). The van der Waals surface area contributed by atoms with E-state index < -0.39 is 5.60 Å². The molecule has 1 amide bonds. The van der Waals surface area contributed by atoms with Crippen molar-refractivity contribution in [3.8, 4) is 0 Å². The molecule has 2 aromatic rings. The van der Waals surface area contributed by atoms with Crippen LogP contribution in [0.25, 0.3) is 0 Å². The third-order valence-electron chi connectivity index (χ3n) is 3.37. The van der Waals surface area contributed by atoms with Crippen molar-refractivity contribution in [2.24, 2.45) is 0 Å². The van der Waals surface area contributed by atoms with Gasteiger partial charge in [0.1, 0.15) is 5.60 Å². The van der Waals surface area contributed by atoms with E-state index in [1.54, 1.807) is 23.7 Å². The Morgan fingerprint density at radius 3 is 2.33 bits per heavy atom. The van der Waals surface area contributed by atoms with Gasteiger partial charge in [0.25, 0.3) is 0 Å². The second kappa shape index (κ2) is 8.25. The van der Waals surface area contributed by atoms with Gasteiger partial charge >= 0.3 is 6.09 Å². The van der Waals surface area contributed by atoms with Crippen LogP contribution >= 0.6 is 11.8 Å². The van der Waals surface area contributed by atoms with Gasteiger partial charge in [-0.05, 0) is 51.0 Å². The monoisotopic (exact) mass is 343 g/mol. The minimum atomic E-state index is -0.466. The summed E-state index contributed by atoms with van der Waals surface area (Å²) in [7, 11) is 1.78. The van der Waals surface area contributed by atoms with Gasteiger partial charge in [-0.25, -0.2) is 4.79 Å². The third kappa shape index (κ3) is 5.93. The lowest BCUT2D eigenvalue weighted by atomic mass is 10.1. The first-order chi connectivity index (χ1) is 11.3. The number of hydrogen-bond acceptors (Lipinski definition) is 3. The Labute approximate surface area is 149 Å². The number of amides is 1. The first kappa shape index (κ1) is 18.4. The summed E-state index contributed by atoms with van der Waals surface area (Å²) in [6.45, 7) is 6.26. The molecule has 0 atom stereocenters. The van der Waals surface area contributed by atoms with E-state index in [1.807, 2.05) is 51.1 Å². The number of ether oxygens (including phenoxy) is 1. The molecule has 0 aromatic heterocycles. The maximum absolute atomic E-state index is 12.1. The molecule has 0 N–H and O–H groups in total. The zero-order chi connectivity index (χ0) is 17.6. The van der Waals surface area contributed by atoms with Crippen LogP contribution in [0.5, 0.6) is 0 Å². The number of carbonyl (C=O) groups is 1. The van der Waals surface area contributed by atoms with E-state index in [9.17, 15) is 4.79 Å². The summed E-state index contributed by atoms with van der Waals surface area (Å²) in [4.78, 5) is 16.1. The normalized spacial score (nSPS) is 11.2. The maximum Gasteiger partial charge on any atom is 0.410 e. The summed E-state index contributed by atoms with van der Waals surface area (Å²) in [6.07, 6.45) is 0.516. The number of benzene rings is 2. The fourth-order valence-electron chi connectivity index (χ4n) is 2.14. The molecule has 0 fully saturated rings. The van der Waals surface area contributed by atoms with Gasteiger partial charge in [0.15, 0.2) is 0 Å². The lowest BCUT2D eigenvalue weighted by Crippen LogP contribution is -2.35. The molecule has 0 radical (unpaired) electrons. The van der Waals surface area contributed by atoms with Crippen LogP contribution in [0.2, 0.25) is 0 Å². The van der Waals surface area contributed by atoms with Crippen LogP contribution in [0.15, 0.2) is 64.4 Å². The van der Waals surface area contributed by atoms with Crippen LogP contribution in [0, 0.1) is 0 Å². The quantitative estimate of drug-likeness (QED) is 0.743. The maximum atomic E-state index is 12.1. The molecule has 0 aliphatic heterocycles. The molecule has 24 heavy (non-hydrogen) atoms. The average Bonchev–Trinajstić information content (AvgIpc) is 2.53. The van der Waals surface area contributed by atoms with Crippen LogP contribution in [0.3, 0.4) is 0 Å². The largest absolute Gasteiger partial charge is 0.444 e. The molecule has 0 saturated carbocycles. The van der Waals surface area contributed by atoms with Gasteiger partial charge in [-0.15, -0.1) is 0 Å². The van der Waals surface area contributed by atoms with Crippen LogP contribution in [0.4, 0.5) is 4.79 Å². The Balaban J connectivity index is 1.99. The first-order valence-electron chi connectivity index (χ1n) is 8.10. The molecule has 0 heterocycles. The molecule has 4 heteroatoms. The van der Waals surface area contributed by atoms with Crippen molar-refractivity contribution in [3.63, 3.8) is 0 Å². The second-order valence-electron chi connectivity index (χ2n) is 6.67. The number of hydrogen-bond donors (Lipinski definition) is 0. The molecular formula is C20H25NO2S. The Morgan fingerprint density at radius 2 is 1.67 bits per heavy atom. The molecule has 0 spiro atoms. The molecule has 0 aliphatic rings. The van der Waals surface area contributed by atoms with Crippen LogP contribution < -0.4 is 0 Å². The Bertz CT molecular complexity index is 665. The Hall–Kier alpha value is -1.94. The van der Waals surface area contributed by atoms with E-state index in [2.05, 4.69) is 24.3 Å². The Kier molecular flexibility index (Phi) is 6.32. The summed E-state index contributed by atoms with van der Waals surface area (Å²) in [5, 5.41) is 0. The van der Waals surface area contributed by atoms with Gasteiger partial charge in [0.2, 0.25) is 0 Å². The highest BCUT2D eigenvalue weighted by Gasteiger charge is 2.19. The highest BCUT2D eigenvalue weighted by Crippen LogP contribution is 2.30. The Morgan fingerprint density at radius 1 is 1.04 bits per heavy atom. The summed E-state index contributed by atoms with van der Waals surface area (Å²) >= 11 is 1.75. The van der Waals surface area contributed by atoms with E-state index in [-0.39, 0.29) is 6.09 Å². The van der Waals surface area contributed by atoms with Crippen molar-refractivity contribution in [2.45, 2.75) is 42.6 Å². The fraction of sp³-hybridized carbons (Fsp3) is 0.350. The molecule has 128 valence electrons. The van der Waals surface area contributed by atoms with Gasteiger partial charge in [-0.1, -0.05) is 48.2 Å². The average molecular weight is 343 g/mol. The van der Waals surface area contributed by atoms with Crippen molar-refractivity contribution < 1.29 is 9.53 Å². The molecular weight excluding hydrogens is 318 g/mol. The third-order valence-corrected chi connectivity index (χ3v) is 4.49. The zero-order valence-corrected chi connectivity index (χ0v) is 15.6. The van der Waals surface area contributed by atoms with Crippen molar-refractivity contribution >= 4 is 17.9 Å². The van der Waals surface area contributed by atoms with Crippen molar-refractivity contribution in [3.05, 3.63) is 60.2 Å². The minimum Gasteiger partial charge on any atom is -0.444 e. The topological polar surface area (TPSA) is 29.5 Å². The van der Waals surface area contributed by atoms with E-state index in [4.69, 9.17) is 4.74 Å². The van der Waals surface area contributed by atoms with Gasteiger partial charge in [-0.2, -0.15) is 0 Å². The summed E-state index contributed by atoms with van der Waals surface area (Å²) in [5.74, 6) is 0. The van der Waals surface area contributed by atoms with Gasteiger partial charge < -0.3 is 9.64 Å². The van der Waals surface area contributed by atoms with Crippen LogP contribution in [-0.2, 0) is 11.2 Å². The molecule has 2 aromatic carbocycles. The van der Waals surface area contributed by atoms with Gasteiger partial charge in [0, 0.05) is 23.4 Å². The standard InChI is InChI=1S/C20H25NO2S/c1-20(2,3)23-19(22)21(4)15-14-16-10-8-9-13-18(16)24-17-11-6-5-7-12-17/h5-13H,14-15H2,1-4H3. The summed E-state index contributed by atoms with van der Waals surface area (Å²) < 4.78 is 5.40. The van der Waals surface area contributed by atoms with Crippen molar-refractivity contribution in [2.75, 3.05) is 13.6 Å². The predicted octanol–water partition coefficient (Wildman–Crippen LogP) is 5.25. The lowest BCUT2D eigenvalue weighted by molar-refractivity contribution is 0.0300. The summed E-state index contributed by atoms with van der Waals surface area (Å²) in [6, 6.07) is 18.6. The van der Waals surface area contributed by atoms with E-state index >= 15 is 0 Å². The first-order valence-corrected chi connectivity index (χ1v) is 8.92. The van der Waals surface area contributed by atoms with Gasteiger partial charge in [0.05, 0.1) is 0 Å². The molecule has 0 bridgehead atoms. The predicted molar refractivity (Wildman–Crippen MR) is 99.6 cm³/mol. The van der Waals surface area contributed by atoms with Crippen LogP contribution in [0.1, 0.15) is 26.3 Å². The number of carbonyl (C=O) groups excluding carboxylic acids is 1. The van der Waals surface area contributed by atoms with Crippen molar-refractivity contribution in [1.82, 2.24) is 4.90 Å². The van der Waals surface area contributed by atoms with E-state index in [0.717, 1.165) is 6.42 Å². The van der Waals surface area contributed by atoms with Crippen molar-refractivity contribution in [1.29, 1.82) is 0 Å². The van der Waals surface area contributed by atoms with E-state index in [0.29, 0.717) is 6.54 Å². The minimum absolute atomic E-state index is 0.282. The molecule has 0 aliphatic carbocycles. The highest BCUT2D eigenvalue weighted by atomic mass is 32.2. The van der Waals surface area contributed by atoms with E-state index in [1.165, 1.54) is 15.4 Å². The lowest BCUT2D eigenvalue weighted by Gasteiger charge is -2.24. The van der Waals surface area contributed by atoms with Crippen LogP contribution in [-0.4, -0.2) is 30.2 Å². The number of likely N-dealkylation sites (N-methyl/N-ethyl adjacent to an activating group) is 1. The molecule has 3 nitrogen and oxygen atoms in total. The summed E-state index contributed by atoms with van der Waals surface area (Å²) in [5.41, 5.74) is 0.772. The zero-order valence-electron chi connectivity index (χ0n) is 14.8. The SMILES string of the molecule is CN(CCc1ccccc1Sc1ccccc1)C(=O)OC(C)(C)C. The smallest absolute Gasteiger partial charge is 0.410 e. The number of nitrogens with zero attached hydrogens (tertiary/aromatic N) is 1.